The predicted octanol–water partition coefficient (Wildman–Crippen LogP) is 4.36. The minimum atomic E-state index is -0.137. The van der Waals surface area contributed by atoms with Gasteiger partial charge in [-0.25, -0.2) is 0 Å². The van der Waals surface area contributed by atoms with E-state index < -0.39 is 0 Å². The third kappa shape index (κ3) is 4.91. The van der Waals surface area contributed by atoms with E-state index in [9.17, 15) is 9.59 Å². The molecule has 1 aromatic carbocycles. The second-order valence-electron chi connectivity index (χ2n) is 5.08. The number of halogens is 1. The number of ketones is 1. The SMILES string of the molecule is COc1ccc([C@H](C)NC(=O)CCC(=O)c2cccs2)cc1Br. The Bertz CT molecular complexity index is 685. The van der Waals surface area contributed by atoms with Crippen LogP contribution in [-0.2, 0) is 4.79 Å². The molecule has 0 radical (unpaired) electrons. The maximum atomic E-state index is 12.0. The van der Waals surface area contributed by atoms with E-state index in [1.54, 1.807) is 13.2 Å². The van der Waals surface area contributed by atoms with E-state index in [1.165, 1.54) is 11.3 Å². The first-order chi connectivity index (χ1) is 11.0. The van der Waals surface area contributed by atoms with E-state index in [1.807, 2.05) is 36.6 Å². The van der Waals surface area contributed by atoms with Gasteiger partial charge in [0.1, 0.15) is 5.75 Å². The lowest BCUT2D eigenvalue weighted by molar-refractivity contribution is -0.121. The maximum Gasteiger partial charge on any atom is 0.220 e. The molecule has 0 fully saturated rings. The van der Waals surface area contributed by atoms with Gasteiger partial charge >= 0.3 is 0 Å². The Labute approximate surface area is 148 Å². The van der Waals surface area contributed by atoms with E-state index in [0.717, 1.165) is 15.8 Å². The van der Waals surface area contributed by atoms with Crippen molar-refractivity contribution in [2.24, 2.45) is 0 Å². The monoisotopic (exact) mass is 395 g/mol. The average Bonchev–Trinajstić information content (AvgIpc) is 3.07. The number of Topliss-reactive ketones (excluding diaryl/α,β-unsaturated/α-hetero) is 1. The second kappa shape index (κ2) is 8.26. The number of nitrogens with one attached hydrogen (secondary N) is 1. The Balaban J connectivity index is 1.87. The molecule has 0 aliphatic heterocycles. The molecule has 122 valence electrons. The summed E-state index contributed by atoms with van der Waals surface area (Å²) in [7, 11) is 1.61. The molecule has 0 saturated carbocycles. The first kappa shape index (κ1) is 17.7. The number of rotatable bonds is 7. The van der Waals surface area contributed by atoms with Crippen molar-refractivity contribution >= 4 is 39.0 Å². The lowest BCUT2D eigenvalue weighted by Gasteiger charge is -2.15. The summed E-state index contributed by atoms with van der Waals surface area (Å²) in [5.41, 5.74) is 0.968. The number of carbonyl (C=O) groups is 2. The fourth-order valence-electron chi connectivity index (χ4n) is 2.14. The van der Waals surface area contributed by atoms with E-state index in [2.05, 4.69) is 21.2 Å². The highest BCUT2D eigenvalue weighted by Gasteiger charge is 2.14. The van der Waals surface area contributed by atoms with Crippen LogP contribution in [0.25, 0.3) is 0 Å². The van der Waals surface area contributed by atoms with Gasteiger partial charge in [0, 0.05) is 12.8 Å². The summed E-state index contributed by atoms with van der Waals surface area (Å²) in [4.78, 5) is 24.6. The van der Waals surface area contributed by atoms with Crippen LogP contribution in [-0.4, -0.2) is 18.8 Å². The van der Waals surface area contributed by atoms with Crippen LogP contribution in [0.1, 0.15) is 41.0 Å². The summed E-state index contributed by atoms with van der Waals surface area (Å²) in [6.07, 6.45) is 0.420. The van der Waals surface area contributed by atoms with E-state index >= 15 is 0 Å². The van der Waals surface area contributed by atoms with Crippen LogP contribution in [0.4, 0.5) is 0 Å². The highest BCUT2D eigenvalue weighted by atomic mass is 79.9. The van der Waals surface area contributed by atoms with Crippen LogP contribution >= 0.6 is 27.3 Å². The minimum absolute atomic E-state index is 0.00925. The number of benzene rings is 1. The van der Waals surface area contributed by atoms with Crippen molar-refractivity contribution in [2.45, 2.75) is 25.8 Å². The van der Waals surface area contributed by atoms with Crippen LogP contribution in [0.2, 0.25) is 0 Å². The number of hydrogen-bond acceptors (Lipinski definition) is 4. The van der Waals surface area contributed by atoms with Gasteiger partial charge in [0.25, 0.3) is 0 Å². The zero-order chi connectivity index (χ0) is 16.8. The fourth-order valence-corrected chi connectivity index (χ4v) is 3.39. The van der Waals surface area contributed by atoms with Gasteiger partial charge in [-0.05, 0) is 52.0 Å². The van der Waals surface area contributed by atoms with Crippen molar-refractivity contribution in [3.05, 3.63) is 50.6 Å². The summed E-state index contributed by atoms with van der Waals surface area (Å²) in [6, 6.07) is 9.15. The Morgan fingerprint density at radius 1 is 1.30 bits per heavy atom. The lowest BCUT2D eigenvalue weighted by Crippen LogP contribution is -2.26. The van der Waals surface area contributed by atoms with Crippen molar-refractivity contribution in [3.63, 3.8) is 0 Å². The summed E-state index contributed by atoms with van der Waals surface area (Å²) in [5, 5.41) is 4.77. The number of hydrogen-bond donors (Lipinski definition) is 1. The van der Waals surface area contributed by atoms with Gasteiger partial charge in [-0.3, -0.25) is 9.59 Å². The largest absolute Gasteiger partial charge is 0.496 e. The molecule has 23 heavy (non-hydrogen) atoms. The third-order valence-electron chi connectivity index (χ3n) is 3.43. The van der Waals surface area contributed by atoms with Crippen molar-refractivity contribution in [1.29, 1.82) is 0 Å². The first-order valence-corrected chi connectivity index (χ1v) is 8.88. The van der Waals surface area contributed by atoms with E-state index in [-0.39, 0.29) is 30.6 Å². The molecule has 1 heterocycles. The molecular weight excluding hydrogens is 378 g/mol. The van der Waals surface area contributed by atoms with Crippen LogP contribution in [0.5, 0.6) is 5.75 Å². The van der Waals surface area contributed by atoms with Crippen LogP contribution < -0.4 is 10.1 Å². The normalized spacial score (nSPS) is 11.8. The topological polar surface area (TPSA) is 55.4 Å². The Kier molecular flexibility index (Phi) is 6.36. The molecule has 0 saturated heterocycles. The standard InChI is InChI=1S/C17H18BrNO3S/c1-11(12-5-7-15(22-2)13(18)10-12)19-17(21)8-6-14(20)16-4-3-9-23-16/h3-5,7,9-11H,6,8H2,1-2H3,(H,19,21)/t11-/m0/s1. The zero-order valence-electron chi connectivity index (χ0n) is 13.0. The molecule has 1 N–H and O–H groups in total. The second-order valence-corrected chi connectivity index (χ2v) is 6.89. The quantitative estimate of drug-likeness (QED) is 0.708. The highest BCUT2D eigenvalue weighted by Crippen LogP contribution is 2.28. The number of thiophene rings is 1. The molecule has 0 unspecified atom stereocenters. The number of methoxy groups -OCH3 is 1. The number of amides is 1. The molecule has 2 rings (SSSR count). The molecular formula is C17H18BrNO3S. The number of carbonyl (C=O) groups excluding carboxylic acids is 2. The van der Waals surface area contributed by atoms with Crippen molar-refractivity contribution in [2.75, 3.05) is 7.11 Å². The van der Waals surface area contributed by atoms with Gasteiger partial charge in [-0.1, -0.05) is 12.1 Å². The van der Waals surface area contributed by atoms with E-state index in [0.29, 0.717) is 4.88 Å². The van der Waals surface area contributed by atoms with Gasteiger partial charge in [-0.15, -0.1) is 11.3 Å². The average molecular weight is 396 g/mol. The maximum absolute atomic E-state index is 12.0. The molecule has 0 bridgehead atoms. The van der Waals surface area contributed by atoms with Gasteiger partial charge in [0.15, 0.2) is 5.78 Å². The highest BCUT2D eigenvalue weighted by molar-refractivity contribution is 9.10. The summed E-state index contributed by atoms with van der Waals surface area (Å²) < 4.78 is 6.03. The Hall–Kier alpha value is -1.66. The first-order valence-electron chi connectivity index (χ1n) is 7.20. The fraction of sp³-hybridized carbons (Fsp3) is 0.294. The molecule has 4 nitrogen and oxygen atoms in total. The molecule has 1 aromatic heterocycles. The van der Waals surface area contributed by atoms with Crippen molar-refractivity contribution in [3.8, 4) is 5.75 Å². The summed E-state index contributed by atoms with van der Waals surface area (Å²) in [5.74, 6) is 0.623. The van der Waals surface area contributed by atoms with Gasteiger partial charge in [0.2, 0.25) is 5.91 Å². The number of ether oxygens (including phenoxy) is 1. The van der Waals surface area contributed by atoms with Crippen molar-refractivity contribution in [1.82, 2.24) is 5.32 Å². The molecule has 2 aromatic rings. The summed E-state index contributed by atoms with van der Waals surface area (Å²) >= 11 is 4.83. The predicted molar refractivity (Wildman–Crippen MR) is 95.1 cm³/mol. The third-order valence-corrected chi connectivity index (χ3v) is 4.96. The molecule has 0 spiro atoms. The van der Waals surface area contributed by atoms with Crippen molar-refractivity contribution < 1.29 is 14.3 Å². The van der Waals surface area contributed by atoms with Gasteiger partial charge in [0.05, 0.1) is 22.5 Å². The van der Waals surface area contributed by atoms with Gasteiger partial charge < -0.3 is 10.1 Å². The Morgan fingerprint density at radius 3 is 2.70 bits per heavy atom. The van der Waals surface area contributed by atoms with Crippen LogP contribution in [0.15, 0.2) is 40.2 Å². The zero-order valence-corrected chi connectivity index (χ0v) is 15.4. The van der Waals surface area contributed by atoms with E-state index in [4.69, 9.17) is 4.74 Å². The summed E-state index contributed by atoms with van der Waals surface area (Å²) in [6.45, 7) is 1.91. The molecule has 0 aliphatic rings. The van der Waals surface area contributed by atoms with Crippen LogP contribution in [0.3, 0.4) is 0 Å². The van der Waals surface area contributed by atoms with Gasteiger partial charge in [-0.2, -0.15) is 0 Å². The minimum Gasteiger partial charge on any atom is -0.496 e. The molecule has 1 amide bonds. The molecule has 6 heteroatoms. The van der Waals surface area contributed by atoms with Crippen LogP contribution in [0, 0.1) is 0 Å². The smallest absolute Gasteiger partial charge is 0.220 e. The molecule has 0 aliphatic carbocycles. The molecule has 1 atom stereocenters. The lowest BCUT2D eigenvalue weighted by atomic mass is 10.1. The Morgan fingerprint density at radius 2 is 2.09 bits per heavy atom.